The topological polar surface area (TPSA) is 57.6 Å². The molecule has 1 rings (SSSR count). The van der Waals surface area contributed by atoms with E-state index in [1.165, 1.54) is 12.1 Å². The van der Waals surface area contributed by atoms with E-state index < -0.39 is 21.7 Å². The summed E-state index contributed by atoms with van der Waals surface area (Å²) in [6.45, 7) is 11.3. The molecule has 0 aromatic heterocycles. The Morgan fingerprint density at radius 2 is 1.75 bits per heavy atom. The van der Waals surface area contributed by atoms with Crippen LogP contribution in [0.1, 0.15) is 33.1 Å². The zero-order valence-electron chi connectivity index (χ0n) is 14.2. The minimum atomic E-state index is -3.79. The molecule has 0 saturated heterocycles. The van der Waals surface area contributed by atoms with Gasteiger partial charge in [-0.05, 0) is 30.9 Å². The molecule has 0 fully saturated rings. The van der Waals surface area contributed by atoms with Crippen molar-refractivity contribution < 1.29 is 13.5 Å². The number of sulfonamides is 1. The van der Waals surface area contributed by atoms with Crippen molar-refractivity contribution in [3.05, 3.63) is 55.6 Å². The van der Waals surface area contributed by atoms with E-state index in [0.29, 0.717) is 6.42 Å². The SMILES string of the molecule is C=CCC(O)(CC=C)[C@H]([C@@H](C)CC)N(Br)S(=O)(=O)c1ccccc1. The van der Waals surface area contributed by atoms with E-state index in [1.807, 2.05) is 13.8 Å². The molecule has 0 radical (unpaired) electrons. The molecule has 0 aliphatic carbocycles. The second-order valence-electron chi connectivity index (χ2n) is 5.98. The van der Waals surface area contributed by atoms with Crippen LogP contribution < -0.4 is 0 Å². The van der Waals surface area contributed by atoms with Crippen LogP contribution in [0.4, 0.5) is 0 Å². The highest BCUT2D eigenvalue weighted by molar-refractivity contribution is 9.08. The summed E-state index contributed by atoms with van der Waals surface area (Å²) in [4.78, 5) is 0.176. The molecule has 1 aromatic rings. The zero-order valence-corrected chi connectivity index (χ0v) is 16.6. The summed E-state index contributed by atoms with van der Waals surface area (Å²) < 4.78 is 27.1. The Hall–Kier alpha value is -0.950. The maximum Gasteiger partial charge on any atom is 0.252 e. The van der Waals surface area contributed by atoms with Gasteiger partial charge in [0, 0.05) is 16.1 Å². The van der Waals surface area contributed by atoms with E-state index in [0.717, 1.165) is 3.33 Å². The van der Waals surface area contributed by atoms with Crippen molar-refractivity contribution >= 4 is 26.2 Å². The molecule has 0 amide bonds. The van der Waals surface area contributed by atoms with Crippen molar-refractivity contribution in [2.24, 2.45) is 5.92 Å². The van der Waals surface area contributed by atoms with Gasteiger partial charge in [0.05, 0.1) is 16.5 Å². The summed E-state index contributed by atoms with van der Waals surface area (Å²) in [6, 6.07) is 7.52. The van der Waals surface area contributed by atoms with Crippen LogP contribution in [0.25, 0.3) is 0 Å². The maximum absolute atomic E-state index is 13.0. The number of nitrogens with zero attached hydrogens (tertiary/aromatic N) is 1. The van der Waals surface area contributed by atoms with Crippen molar-refractivity contribution in [3.63, 3.8) is 0 Å². The predicted octanol–water partition coefficient (Wildman–Crippen LogP) is 4.29. The Morgan fingerprint density at radius 1 is 1.25 bits per heavy atom. The third-order valence-electron chi connectivity index (χ3n) is 4.22. The Balaban J connectivity index is 3.39. The zero-order chi connectivity index (χ0) is 18.4. The molecule has 24 heavy (non-hydrogen) atoms. The van der Waals surface area contributed by atoms with Crippen molar-refractivity contribution in [2.75, 3.05) is 0 Å². The molecule has 0 heterocycles. The van der Waals surface area contributed by atoms with Gasteiger partial charge >= 0.3 is 0 Å². The molecular weight excluding hydrogens is 390 g/mol. The molecule has 0 unspecified atom stereocenters. The predicted molar refractivity (Wildman–Crippen MR) is 102 cm³/mol. The summed E-state index contributed by atoms with van der Waals surface area (Å²) in [5.74, 6) is -0.0761. The van der Waals surface area contributed by atoms with Crippen LogP contribution in [-0.4, -0.2) is 28.5 Å². The fourth-order valence-electron chi connectivity index (χ4n) is 2.81. The third kappa shape index (κ3) is 4.57. The van der Waals surface area contributed by atoms with Crippen molar-refractivity contribution in [2.45, 2.75) is 49.6 Å². The number of rotatable bonds is 10. The molecule has 0 aliphatic rings. The van der Waals surface area contributed by atoms with Crippen molar-refractivity contribution in [1.29, 1.82) is 0 Å². The molecule has 0 saturated carbocycles. The number of aliphatic hydroxyl groups is 1. The quantitative estimate of drug-likeness (QED) is 0.458. The highest BCUT2D eigenvalue weighted by atomic mass is 79.9. The molecule has 0 bridgehead atoms. The van der Waals surface area contributed by atoms with Crippen LogP contribution in [-0.2, 0) is 10.0 Å². The van der Waals surface area contributed by atoms with Gasteiger partial charge in [-0.1, -0.05) is 50.6 Å². The first-order chi connectivity index (χ1) is 11.2. The third-order valence-corrected chi connectivity index (χ3v) is 7.36. The highest BCUT2D eigenvalue weighted by Crippen LogP contribution is 2.37. The van der Waals surface area contributed by atoms with E-state index in [9.17, 15) is 13.5 Å². The number of benzene rings is 1. The molecule has 0 aliphatic heterocycles. The largest absolute Gasteiger partial charge is 0.388 e. The van der Waals surface area contributed by atoms with Gasteiger partial charge in [-0.15, -0.1) is 16.5 Å². The summed E-state index contributed by atoms with van der Waals surface area (Å²) >= 11 is 3.24. The lowest BCUT2D eigenvalue weighted by Gasteiger charge is -2.42. The van der Waals surface area contributed by atoms with Crippen LogP contribution in [0.15, 0.2) is 60.5 Å². The van der Waals surface area contributed by atoms with E-state index in [4.69, 9.17) is 0 Å². The fourth-order valence-corrected chi connectivity index (χ4v) is 5.50. The van der Waals surface area contributed by atoms with Gasteiger partial charge in [-0.25, -0.2) is 8.42 Å². The van der Waals surface area contributed by atoms with Gasteiger partial charge in [-0.3, -0.25) is 0 Å². The van der Waals surface area contributed by atoms with E-state index in [2.05, 4.69) is 29.3 Å². The second-order valence-corrected chi connectivity index (χ2v) is 9.03. The first-order valence-corrected chi connectivity index (χ1v) is 10.1. The van der Waals surface area contributed by atoms with Gasteiger partial charge in [-0.2, -0.15) is 0 Å². The molecule has 134 valence electrons. The summed E-state index contributed by atoms with van der Waals surface area (Å²) in [5, 5.41) is 11.2. The van der Waals surface area contributed by atoms with Gasteiger partial charge in [0.25, 0.3) is 10.0 Å². The first-order valence-electron chi connectivity index (χ1n) is 7.94. The lowest BCUT2D eigenvalue weighted by Crippen LogP contribution is -2.54. The van der Waals surface area contributed by atoms with Gasteiger partial charge in [0.15, 0.2) is 0 Å². The second kappa shape index (κ2) is 8.94. The van der Waals surface area contributed by atoms with Crippen LogP contribution in [0.3, 0.4) is 0 Å². The smallest absolute Gasteiger partial charge is 0.252 e. The lowest BCUT2D eigenvalue weighted by atomic mass is 9.80. The van der Waals surface area contributed by atoms with Crippen molar-refractivity contribution in [3.8, 4) is 0 Å². The van der Waals surface area contributed by atoms with E-state index >= 15 is 0 Å². The molecule has 1 aromatic carbocycles. The molecular formula is C18H26BrNO3S. The summed E-state index contributed by atoms with van der Waals surface area (Å²) in [6.07, 6.45) is 4.46. The minimum Gasteiger partial charge on any atom is -0.388 e. The summed E-state index contributed by atoms with van der Waals surface area (Å²) in [7, 11) is -3.79. The number of hydrogen-bond donors (Lipinski definition) is 1. The van der Waals surface area contributed by atoms with E-state index in [1.54, 1.807) is 30.4 Å². The van der Waals surface area contributed by atoms with Crippen molar-refractivity contribution in [1.82, 2.24) is 3.33 Å². The fraction of sp³-hybridized carbons (Fsp3) is 0.444. The molecule has 0 spiro atoms. The first kappa shape index (κ1) is 21.1. The normalized spacial score (nSPS) is 15.0. The standard InChI is InChI=1S/C18H26BrNO3S/c1-5-13-18(21,14-6-2)17(15(4)7-3)20(19)24(22,23)16-11-9-8-10-12-16/h5-6,8-12,15,17,21H,1-2,7,13-14H2,3-4H3/t15-,17-/m0/s1. The molecule has 4 nitrogen and oxygen atoms in total. The van der Waals surface area contributed by atoms with Gasteiger partial charge in [0.2, 0.25) is 0 Å². The highest BCUT2D eigenvalue weighted by Gasteiger charge is 2.45. The van der Waals surface area contributed by atoms with Gasteiger partial charge in [0.1, 0.15) is 0 Å². The Kier molecular flexibility index (Phi) is 7.86. The average molecular weight is 416 g/mol. The molecule has 6 heteroatoms. The Labute approximate surface area is 154 Å². The molecule has 2 atom stereocenters. The lowest BCUT2D eigenvalue weighted by molar-refractivity contribution is -0.0202. The Morgan fingerprint density at radius 3 is 2.17 bits per heavy atom. The molecule has 1 N–H and O–H groups in total. The number of halogens is 1. The number of hydrogen-bond acceptors (Lipinski definition) is 3. The van der Waals surface area contributed by atoms with Crippen LogP contribution in [0.2, 0.25) is 0 Å². The van der Waals surface area contributed by atoms with E-state index in [-0.39, 0.29) is 23.7 Å². The maximum atomic E-state index is 13.0. The van der Waals surface area contributed by atoms with Crippen LogP contribution >= 0.6 is 16.1 Å². The van der Waals surface area contributed by atoms with Crippen LogP contribution in [0, 0.1) is 5.92 Å². The van der Waals surface area contributed by atoms with Gasteiger partial charge < -0.3 is 5.11 Å². The summed E-state index contributed by atoms with van der Waals surface area (Å²) in [5.41, 5.74) is -1.29. The Bertz CT molecular complexity index is 635. The average Bonchev–Trinajstić information content (AvgIpc) is 2.55. The van der Waals surface area contributed by atoms with Crippen LogP contribution in [0.5, 0.6) is 0 Å². The minimum absolute atomic E-state index is 0.0761. The monoisotopic (exact) mass is 415 g/mol.